The summed E-state index contributed by atoms with van der Waals surface area (Å²) in [6, 6.07) is 0.392. The fourth-order valence-corrected chi connectivity index (χ4v) is 3.18. The minimum absolute atomic E-state index is 0.00331. The SMILES string of the molecule is CCC1CN(CC(=O)Nc2c(C)n[nH]c2C)CCN1CC(C)O. The number of aliphatic hydroxyl groups is 1. The largest absolute Gasteiger partial charge is 0.392 e. The van der Waals surface area contributed by atoms with Crippen LogP contribution in [0.15, 0.2) is 0 Å². The highest BCUT2D eigenvalue weighted by molar-refractivity contribution is 5.93. The Morgan fingerprint density at radius 2 is 2.22 bits per heavy atom. The first-order valence-corrected chi connectivity index (χ1v) is 8.36. The molecule has 7 heteroatoms. The van der Waals surface area contributed by atoms with Gasteiger partial charge in [0.25, 0.3) is 0 Å². The summed E-state index contributed by atoms with van der Waals surface area (Å²) in [6.45, 7) is 11.4. The maximum atomic E-state index is 12.3. The third-order valence-corrected chi connectivity index (χ3v) is 4.42. The summed E-state index contributed by atoms with van der Waals surface area (Å²) in [5, 5.41) is 19.5. The van der Waals surface area contributed by atoms with Crippen LogP contribution in [0.4, 0.5) is 5.69 Å². The van der Waals surface area contributed by atoms with Crippen molar-refractivity contribution >= 4 is 11.6 Å². The Kier molecular flexibility index (Phi) is 6.15. The summed E-state index contributed by atoms with van der Waals surface area (Å²) >= 11 is 0. The number of H-pyrrole nitrogens is 1. The molecule has 0 saturated carbocycles. The third-order valence-electron chi connectivity index (χ3n) is 4.42. The zero-order chi connectivity index (χ0) is 17.0. The van der Waals surface area contributed by atoms with E-state index in [1.807, 2.05) is 20.8 Å². The van der Waals surface area contributed by atoms with Gasteiger partial charge in [0.15, 0.2) is 0 Å². The molecule has 1 aliphatic rings. The van der Waals surface area contributed by atoms with Crippen molar-refractivity contribution in [2.45, 2.75) is 46.3 Å². The van der Waals surface area contributed by atoms with E-state index in [1.54, 1.807) is 0 Å². The molecule has 130 valence electrons. The lowest BCUT2D eigenvalue weighted by Crippen LogP contribution is -2.55. The molecule has 2 rings (SSSR count). The molecule has 1 saturated heterocycles. The van der Waals surface area contributed by atoms with E-state index in [1.165, 1.54) is 0 Å². The number of nitrogens with zero attached hydrogens (tertiary/aromatic N) is 3. The molecule has 2 atom stereocenters. The van der Waals surface area contributed by atoms with Crippen molar-refractivity contribution in [3.05, 3.63) is 11.4 Å². The van der Waals surface area contributed by atoms with E-state index < -0.39 is 0 Å². The molecule has 1 aromatic rings. The van der Waals surface area contributed by atoms with E-state index in [2.05, 4.69) is 32.2 Å². The van der Waals surface area contributed by atoms with Crippen LogP contribution in [-0.4, -0.2) is 75.9 Å². The maximum Gasteiger partial charge on any atom is 0.238 e. The van der Waals surface area contributed by atoms with Gasteiger partial charge in [-0.3, -0.25) is 19.7 Å². The third kappa shape index (κ3) is 4.76. The Morgan fingerprint density at radius 3 is 2.78 bits per heavy atom. The van der Waals surface area contributed by atoms with Crippen LogP contribution in [0.25, 0.3) is 0 Å². The van der Waals surface area contributed by atoms with E-state index >= 15 is 0 Å². The highest BCUT2D eigenvalue weighted by Gasteiger charge is 2.27. The summed E-state index contributed by atoms with van der Waals surface area (Å²) in [5.74, 6) is -0.00331. The quantitative estimate of drug-likeness (QED) is 0.719. The predicted molar refractivity (Wildman–Crippen MR) is 90.5 cm³/mol. The lowest BCUT2D eigenvalue weighted by atomic mass is 10.1. The van der Waals surface area contributed by atoms with Gasteiger partial charge in [-0.05, 0) is 27.2 Å². The highest BCUT2D eigenvalue weighted by atomic mass is 16.3. The number of carbonyl (C=O) groups excluding carboxylic acids is 1. The molecule has 3 N–H and O–H groups in total. The molecule has 23 heavy (non-hydrogen) atoms. The summed E-state index contributed by atoms with van der Waals surface area (Å²) in [4.78, 5) is 16.8. The van der Waals surface area contributed by atoms with Gasteiger partial charge in [-0.15, -0.1) is 0 Å². The zero-order valence-corrected chi connectivity index (χ0v) is 14.6. The molecule has 1 aromatic heterocycles. The highest BCUT2D eigenvalue weighted by Crippen LogP contribution is 2.17. The van der Waals surface area contributed by atoms with Crippen LogP contribution in [0.5, 0.6) is 0 Å². The molecular formula is C16H29N5O2. The van der Waals surface area contributed by atoms with E-state index in [4.69, 9.17) is 0 Å². The first kappa shape index (κ1) is 17.9. The smallest absolute Gasteiger partial charge is 0.238 e. The first-order chi connectivity index (χ1) is 10.9. The van der Waals surface area contributed by atoms with Crippen LogP contribution >= 0.6 is 0 Å². The number of β-amino-alcohol motifs (C(OH)–C–C–N with tert-alkyl or cyclic N) is 1. The lowest BCUT2D eigenvalue weighted by Gasteiger charge is -2.41. The number of hydrogen-bond donors (Lipinski definition) is 3. The molecule has 1 aliphatic heterocycles. The number of carbonyl (C=O) groups is 1. The van der Waals surface area contributed by atoms with Gasteiger partial charge in [-0.1, -0.05) is 6.92 Å². The van der Waals surface area contributed by atoms with E-state index in [-0.39, 0.29) is 12.0 Å². The Balaban J connectivity index is 1.87. The molecule has 0 aromatic carbocycles. The van der Waals surface area contributed by atoms with Crippen molar-refractivity contribution in [1.29, 1.82) is 0 Å². The first-order valence-electron chi connectivity index (χ1n) is 8.36. The average Bonchev–Trinajstić information content (AvgIpc) is 2.80. The number of aromatic amines is 1. The second kappa shape index (κ2) is 7.90. The van der Waals surface area contributed by atoms with Gasteiger partial charge in [-0.2, -0.15) is 5.10 Å². The van der Waals surface area contributed by atoms with Crippen molar-refractivity contribution in [2.75, 3.05) is 38.0 Å². The summed E-state index contributed by atoms with van der Waals surface area (Å²) < 4.78 is 0. The Labute approximate surface area is 138 Å². The molecule has 0 radical (unpaired) electrons. The number of aromatic nitrogens is 2. The Morgan fingerprint density at radius 1 is 1.48 bits per heavy atom. The number of piperazine rings is 1. The van der Waals surface area contributed by atoms with Crippen molar-refractivity contribution in [3.63, 3.8) is 0 Å². The lowest BCUT2D eigenvalue weighted by molar-refractivity contribution is -0.118. The van der Waals surface area contributed by atoms with Crippen molar-refractivity contribution in [1.82, 2.24) is 20.0 Å². The van der Waals surface area contributed by atoms with E-state index in [0.717, 1.165) is 43.1 Å². The number of anilines is 1. The molecule has 0 aliphatic carbocycles. The monoisotopic (exact) mass is 323 g/mol. The Bertz CT molecular complexity index is 509. The number of amides is 1. The van der Waals surface area contributed by atoms with Crippen LogP contribution in [0.2, 0.25) is 0 Å². The Hall–Kier alpha value is -1.44. The second-order valence-electron chi connectivity index (χ2n) is 6.50. The van der Waals surface area contributed by atoms with Gasteiger partial charge in [-0.25, -0.2) is 0 Å². The van der Waals surface area contributed by atoms with Gasteiger partial charge >= 0.3 is 0 Å². The summed E-state index contributed by atoms with van der Waals surface area (Å²) in [7, 11) is 0. The summed E-state index contributed by atoms with van der Waals surface area (Å²) in [5.41, 5.74) is 2.47. The van der Waals surface area contributed by atoms with Crippen molar-refractivity contribution < 1.29 is 9.90 Å². The van der Waals surface area contributed by atoms with E-state index in [9.17, 15) is 9.90 Å². The standard InChI is InChI=1S/C16H29N5O2/c1-5-14-9-20(6-7-21(14)8-11(2)22)10-15(23)17-16-12(3)18-19-13(16)4/h11,14,22H,5-10H2,1-4H3,(H,17,23)(H,18,19). The number of hydrogen-bond acceptors (Lipinski definition) is 5. The average molecular weight is 323 g/mol. The fraction of sp³-hybridized carbons (Fsp3) is 0.750. The van der Waals surface area contributed by atoms with Gasteiger partial charge in [0, 0.05) is 32.2 Å². The fourth-order valence-electron chi connectivity index (χ4n) is 3.18. The van der Waals surface area contributed by atoms with Crippen LogP contribution in [0.1, 0.15) is 31.7 Å². The van der Waals surface area contributed by atoms with Gasteiger partial charge in [0.2, 0.25) is 5.91 Å². The van der Waals surface area contributed by atoms with Crippen molar-refractivity contribution in [3.8, 4) is 0 Å². The summed E-state index contributed by atoms with van der Waals surface area (Å²) in [6.07, 6.45) is 0.705. The molecule has 7 nitrogen and oxygen atoms in total. The van der Waals surface area contributed by atoms with Crippen LogP contribution < -0.4 is 5.32 Å². The molecular weight excluding hydrogens is 294 g/mol. The topological polar surface area (TPSA) is 84.5 Å². The number of rotatable bonds is 6. The molecule has 0 spiro atoms. The zero-order valence-electron chi connectivity index (χ0n) is 14.6. The maximum absolute atomic E-state index is 12.3. The van der Waals surface area contributed by atoms with E-state index in [0.29, 0.717) is 19.1 Å². The van der Waals surface area contributed by atoms with Crippen LogP contribution in [-0.2, 0) is 4.79 Å². The predicted octanol–water partition coefficient (Wildman–Crippen LogP) is 0.742. The normalized spacial score (nSPS) is 21.3. The van der Waals surface area contributed by atoms with Crippen LogP contribution in [0, 0.1) is 13.8 Å². The van der Waals surface area contributed by atoms with Crippen LogP contribution in [0.3, 0.4) is 0 Å². The molecule has 2 heterocycles. The molecule has 1 fully saturated rings. The molecule has 1 amide bonds. The van der Waals surface area contributed by atoms with Gasteiger partial charge in [0.1, 0.15) is 0 Å². The van der Waals surface area contributed by atoms with Gasteiger partial charge in [0.05, 0.1) is 29.7 Å². The minimum atomic E-state index is -0.314. The minimum Gasteiger partial charge on any atom is -0.392 e. The van der Waals surface area contributed by atoms with Crippen molar-refractivity contribution in [2.24, 2.45) is 0 Å². The number of aryl methyl sites for hydroxylation is 2. The molecule has 2 unspecified atom stereocenters. The number of aliphatic hydroxyl groups excluding tert-OH is 1. The van der Waals surface area contributed by atoms with Gasteiger partial charge < -0.3 is 10.4 Å². The molecule has 0 bridgehead atoms. The second-order valence-corrected chi connectivity index (χ2v) is 6.50. The number of nitrogens with one attached hydrogen (secondary N) is 2.